The van der Waals surface area contributed by atoms with Crippen molar-refractivity contribution >= 4 is 10.0 Å². The summed E-state index contributed by atoms with van der Waals surface area (Å²) >= 11 is 0. The molecule has 1 atom stereocenters. The number of halogens is 3. The zero-order chi connectivity index (χ0) is 25.1. The van der Waals surface area contributed by atoms with Crippen LogP contribution in [0.2, 0.25) is 0 Å². The van der Waals surface area contributed by atoms with Gasteiger partial charge in [-0.25, -0.2) is 13.1 Å². The van der Waals surface area contributed by atoms with Crippen molar-refractivity contribution in [1.29, 1.82) is 0 Å². The fraction of sp³-hybridized carbons (Fsp3) is 0.333. The Balaban J connectivity index is 1.35. The van der Waals surface area contributed by atoms with Crippen molar-refractivity contribution in [2.75, 3.05) is 13.1 Å². The van der Waals surface area contributed by atoms with Gasteiger partial charge >= 0.3 is 6.18 Å². The van der Waals surface area contributed by atoms with Gasteiger partial charge in [-0.3, -0.25) is 0 Å². The first-order valence-corrected chi connectivity index (χ1v) is 13.2. The SMILES string of the molecule is CC1CCCN1CCc1ccc(-c2ccc(S(=O)(=O)NCc3ccc(C(F)(F)F)cc3)cc2)cc1. The van der Waals surface area contributed by atoms with E-state index in [1.165, 1.54) is 49.2 Å². The molecule has 8 heteroatoms. The molecule has 0 radical (unpaired) electrons. The number of benzene rings is 3. The van der Waals surface area contributed by atoms with E-state index in [1.807, 2.05) is 0 Å². The van der Waals surface area contributed by atoms with E-state index in [-0.39, 0.29) is 11.4 Å². The van der Waals surface area contributed by atoms with Gasteiger partial charge < -0.3 is 4.90 Å². The van der Waals surface area contributed by atoms with E-state index in [0.717, 1.165) is 36.2 Å². The van der Waals surface area contributed by atoms with Crippen LogP contribution in [0, 0.1) is 0 Å². The Hall–Kier alpha value is -2.68. The van der Waals surface area contributed by atoms with Crippen LogP contribution < -0.4 is 4.72 Å². The van der Waals surface area contributed by atoms with Crippen molar-refractivity contribution in [3.63, 3.8) is 0 Å². The molecule has 0 aliphatic carbocycles. The molecule has 186 valence electrons. The highest BCUT2D eigenvalue weighted by Crippen LogP contribution is 2.29. The summed E-state index contributed by atoms with van der Waals surface area (Å²) in [5.41, 5.74) is 2.86. The second kappa shape index (κ2) is 10.5. The maximum absolute atomic E-state index is 12.7. The van der Waals surface area contributed by atoms with Gasteiger partial charge in [0.05, 0.1) is 10.5 Å². The summed E-state index contributed by atoms with van der Waals surface area (Å²) in [5, 5.41) is 0. The Kier molecular flexibility index (Phi) is 7.64. The first-order chi connectivity index (χ1) is 16.6. The highest BCUT2D eigenvalue weighted by molar-refractivity contribution is 7.89. The molecule has 35 heavy (non-hydrogen) atoms. The average Bonchev–Trinajstić information content (AvgIpc) is 3.26. The van der Waals surface area contributed by atoms with Crippen LogP contribution in [0.3, 0.4) is 0 Å². The van der Waals surface area contributed by atoms with Crippen molar-refractivity contribution in [3.8, 4) is 11.1 Å². The minimum absolute atomic E-state index is 0.0973. The van der Waals surface area contributed by atoms with Crippen LogP contribution in [0.4, 0.5) is 13.2 Å². The minimum atomic E-state index is -4.42. The molecule has 0 aromatic heterocycles. The molecule has 4 rings (SSSR count). The quantitative estimate of drug-likeness (QED) is 0.419. The van der Waals surface area contributed by atoms with Crippen LogP contribution in [-0.2, 0) is 29.2 Å². The molecule has 1 fully saturated rings. The summed E-state index contributed by atoms with van der Waals surface area (Å²) in [6, 6.07) is 20.0. The molecule has 3 aromatic carbocycles. The molecule has 0 spiro atoms. The van der Waals surface area contributed by atoms with E-state index in [4.69, 9.17) is 0 Å². The summed E-state index contributed by atoms with van der Waals surface area (Å²) in [6.45, 7) is 4.42. The van der Waals surface area contributed by atoms with Gasteiger partial charge in [-0.05, 0) is 79.3 Å². The number of likely N-dealkylation sites (tertiary alicyclic amines) is 1. The molecular formula is C27H29F3N2O2S. The standard InChI is InChI=1S/C27H29F3N2O2S/c1-20-3-2-17-32(20)18-16-21-4-8-23(9-5-21)24-10-14-26(15-11-24)35(33,34)31-19-22-6-12-25(13-7-22)27(28,29)30/h4-15,20,31H,2-3,16-19H2,1H3. The average molecular weight is 503 g/mol. The molecule has 4 nitrogen and oxygen atoms in total. The minimum Gasteiger partial charge on any atom is -0.300 e. The largest absolute Gasteiger partial charge is 0.416 e. The lowest BCUT2D eigenvalue weighted by Crippen LogP contribution is -2.28. The van der Waals surface area contributed by atoms with Crippen LogP contribution in [-0.4, -0.2) is 32.4 Å². The van der Waals surface area contributed by atoms with Crippen LogP contribution >= 0.6 is 0 Å². The fourth-order valence-corrected chi connectivity index (χ4v) is 5.38. The van der Waals surface area contributed by atoms with Crippen molar-refractivity contribution in [2.24, 2.45) is 0 Å². The van der Waals surface area contributed by atoms with Crippen molar-refractivity contribution < 1.29 is 21.6 Å². The third-order valence-electron chi connectivity index (χ3n) is 6.58. The first-order valence-electron chi connectivity index (χ1n) is 11.7. The van der Waals surface area contributed by atoms with Crippen LogP contribution in [0.15, 0.2) is 77.7 Å². The van der Waals surface area contributed by atoms with Gasteiger partial charge in [0.1, 0.15) is 0 Å². The lowest BCUT2D eigenvalue weighted by Gasteiger charge is -2.20. The Morgan fingerprint density at radius 2 is 1.46 bits per heavy atom. The molecule has 0 bridgehead atoms. The highest BCUT2D eigenvalue weighted by Gasteiger charge is 2.30. The Morgan fingerprint density at radius 3 is 2.00 bits per heavy atom. The van der Waals surface area contributed by atoms with Crippen LogP contribution in [0.1, 0.15) is 36.5 Å². The van der Waals surface area contributed by atoms with Gasteiger partial charge in [0, 0.05) is 19.1 Å². The lowest BCUT2D eigenvalue weighted by atomic mass is 10.0. The van der Waals surface area contributed by atoms with Gasteiger partial charge in [0.15, 0.2) is 0 Å². The number of nitrogens with one attached hydrogen (secondary N) is 1. The number of nitrogens with zero attached hydrogens (tertiary/aromatic N) is 1. The third-order valence-corrected chi connectivity index (χ3v) is 7.99. The normalized spacial score (nSPS) is 17.1. The molecule has 3 aromatic rings. The second-order valence-electron chi connectivity index (χ2n) is 9.02. The zero-order valence-electron chi connectivity index (χ0n) is 19.6. The van der Waals surface area contributed by atoms with E-state index in [1.54, 1.807) is 12.1 Å². The molecule has 1 N–H and O–H groups in total. The number of rotatable bonds is 8. The van der Waals surface area contributed by atoms with E-state index in [9.17, 15) is 21.6 Å². The van der Waals surface area contributed by atoms with Gasteiger partial charge in [0.25, 0.3) is 0 Å². The molecule has 1 aliphatic rings. The zero-order valence-corrected chi connectivity index (χ0v) is 20.4. The maximum atomic E-state index is 12.7. The van der Waals surface area contributed by atoms with E-state index in [0.29, 0.717) is 11.6 Å². The van der Waals surface area contributed by atoms with Gasteiger partial charge in [0.2, 0.25) is 10.0 Å². The number of hydrogen-bond acceptors (Lipinski definition) is 3. The number of hydrogen-bond donors (Lipinski definition) is 1. The van der Waals surface area contributed by atoms with E-state index < -0.39 is 21.8 Å². The first kappa shape index (κ1) is 25.4. The summed E-state index contributed by atoms with van der Waals surface area (Å²) in [5.74, 6) is 0. The second-order valence-corrected chi connectivity index (χ2v) is 10.8. The predicted molar refractivity (Wildman–Crippen MR) is 131 cm³/mol. The molecule has 1 aliphatic heterocycles. The van der Waals surface area contributed by atoms with E-state index >= 15 is 0 Å². The molecule has 1 unspecified atom stereocenters. The Labute approximate surface area is 204 Å². The molecule has 0 amide bonds. The smallest absolute Gasteiger partial charge is 0.300 e. The van der Waals surface area contributed by atoms with Crippen molar-refractivity contribution in [3.05, 3.63) is 89.5 Å². The number of sulfonamides is 1. The highest BCUT2D eigenvalue weighted by atomic mass is 32.2. The molecule has 1 saturated heterocycles. The monoisotopic (exact) mass is 502 g/mol. The predicted octanol–water partition coefficient (Wildman–Crippen LogP) is 5.88. The summed E-state index contributed by atoms with van der Waals surface area (Å²) in [7, 11) is -3.80. The Bertz CT molecular complexity index is 1220. The Morgan fingerprint density at radius 1 is 0.886 bits per heavy atom. The fourth-order valence-electron chi connectivity index (χ4n) is 4.36. The molecule has 1 heterocycles. The van der Waals surface area contributed by atoms with Gasteiger partial charge in [-0.15, -0.1) is 0 Å². The maximum Gasteiger partial charge on any atom is 0.416 e. The van der Waals surface area contributed by atoms with Crippen LogP contribution in [0.5, 0.6) is 0 Å². The summed E-state index contributed by atoms with van der Waals surface area (Å²) in [4.78, 5) is 2.63. The number of alkyl halides is 3. The van der Waals surface area contributed by atoms with Gasteiger partial charge in [-0.1, -0.05) is 48.5 Å². The van der Waals surface area contributed by atoms with Crippen molar-refractivity contribution in [1.82, 2.24) is 9.62 Å². The topological polar surface area (TPSA) is 49.4 Å². The lowest BCUT2D eigenvalue weighted by molar-refractivity contribution is -0.137. The van der Waals surface area contributed by atoms with Crippen molar-refractivity contribution in [2.45, 2.75) is 49.8 Å². The molecule has 0 saturated carbocycles. The van der Waals surface area contributed by atoms with Crippen LogP contribution in [0.25, 0.3) is 11.1 Å². The van der Waals surface area contributed by atoms with Gasteiger partial charge in [-0.2, -0.15) is 13.2 Å². The van der Waals surface area contributed by atoms with E-state index in [2.05, 4.69) is 40.8 Å². The third kappa shape index (κ3) is 6.51. The summed E-state index contributed by atoms with van der Waals surface area (Å²) < 4.78 is 65.8. The molecular weight excluding hydrogens is 473 g/mol. The summed E-state index contributed by atoms with van der Waals surface area (Å²) in [6.07, 6.45) is -0.871.